The number of hydrogen-bond donors (Lipinski definition) is 1. The van der Waals surface area contributed by atoms with Gasteiger partial charge in [0.05, 0.1) is 25.1 Å². The number of anilines is 2. The van der Waals surface area contributed by atoms with Crippen LogP contribution in [0, 0.1) is 0 Å². The number of carbonyl (C=O) groups excluding carboxylic acids is 2. The molecule has 1 aliphatic rings. The predicted octanol–water partition coefficient (Wildman–Crippen LogP) is 2.24. The quantitative estimate of drug-likeness (QED) is 0.868. The van der Waals surface area contributed by atoms with Crippen molar-refractivity contribution < 1.29 is 14.3 Å². The maximum atomic E-state index is 12.2. The second kappa shape index (κ2) is 7.08. The van der Waals surface area contributed by atoms with E-state index in [-0.39, 0.29) is 5.91 Å². The average molecular weight is 326 g/mol. The molecule has 0 aliphatic carbocycles. The summed E-state index contributed by atoms with van der Waals surface area (Å²) in [6, 6.07) is 6.88. The van der Waals surface area contributed by atoms with E-state index in [1.54, 1.807) is 29.2 Å². The van der Waals surface area contributed by atoms with Gasteiger partial charge in [0, 0.05) is 18.8 Å². The van der Waals surface area contributed by atoms with Gasteiger partial charge in [0.2, 0.25) is 0 Å². The number of carbonyl (C=O) groups is 2. The Labute approximate surface area is 139 Å². The maximum absolute atomic E-state index is 12.2. The molecule has 24 heavy (non-hydrogen) atoms. The Morgan fingerprint density at radius 1 is 1.17 bits per heavy atom. The van der Waals surface area contributed by atoms with Crippen LogP contribution < -0.4 is 5.32 Å². The van der Waals surface area contributed by atoms with E-state index in [0.717, 1.165) is 25.9 Å². The van der Waals surface area contributed by atoms with Crippen molar-refractivity contribution in [2.45, 2.75) is 12.8 Å². The molecule has 1 amide bonds. The lowest BCUT2D eigenvalue weighted by atomic mass is 10.2. The lowest BCUT2D eigenvalue weighted by Gasteiger charge is -2.14. The highest BCUT2D eigenvalue weighted by atomic mass is 16.5. The fraction of sp³-hybridized carbons (Fsp3) is 0.294. The minimum atomic E-state index is -0.406. The number of nitrogens with one attached hydrogen (secondary N) is 1. The Bertz CT molecular complexity index is 740. The lowest BCUT2D eigenvalue weighted by Crippen LogP contribution is -2.28. The van der Waals surface area contributed by atoms with Crippen molar-refractivity contribution in [1.29, 1.82) is 0 Å². The van der Waals surface area contributed by atoms with Gasteiger partial charge in [0.15, 0.2) is 0 Å². The number of rotatable bonds is 4. The van der Waals surface area contributed by atoms with E-state index in [1.165, 1.54) is 19.5 Å². The molecular weight excluding hydrogens is 308 g/mol. The molecule has 7 heteroatoms. The monoisotopic (exact) mass is 326 g/mol. The molecule has 1 aromatic heterocycles. The summed E-state index contributed by atoms with van der Waals surface area (Å²) < 4.78 is 4.70. The van der Waals surface area contributed by atoms with Gasteiger partial charge < -0.3 is 15.0 Å². The fourth-order valence-electron chi connectivity index (χ4n) is 2.57. The van der Waals surface area contributed by atoms with Crippen LogP contribution in [-0.4, -0.2) is 46.9 Å². The Balaban J connectivity index is 1.70. The van der Waals surface area contributed by atoms with Crippen molar-refractivity contribution in [2.75, 3.05) is 25.5 Å². The van der Waals surface area contributed by atoms with Gasteiger partial charge >= 0.3 is 5.97 Å². The number of ether oxygens (including phenoxy) is 1. The van der Waals surface area contributed by atoms with Gasteiger partial charge in [-0.2, -0.15) is 0 Å². The minimum Gasteiger partial charge on any atom is -0.465 e. The third kappa shape index (κ3) is 3.51. The van der Waals surface area contributed by atoms with Crippen molar-refractivity contribution >= 4 is 23.4 Å². The number of likely N-dealkylation sites (tertiary alicyclic amines) is 1. The molecule has 0 atom stereocenters. The highest BCUT2D eigenvalue weighted by Gasteiger charge is 2.20. The fourth-order valence-corrected chi connectivity index (χ4v) is 2.57. The first kappa shape index (κ1) is 15.9. The Hall–Kier alpha value is -2.96. The van der Waals surface area contributed by atoms with Gasteiger partial charge in [0.25, 0.3) is 5.91 Å². The van der Waals surface area contributed by atoms with Gasteiger partial charge in [0.1, 0.15) is 11.5 Å². The Morgan fingerprint density at radius 2 is 1.96 bits per heavy atom. The van der Waals surface area contributed by atoms with E-state index < -0.39 is 5.97 Å². The second-order valence-corrected chi connectivity index (χ2v) is 5.48. The molecule has 2 heterocycles. The summed E-state index contributed by atoms with van der Waals surface area (Å²) in [6.45, 7) is 1.56. The number of benzene rings is 1. The van der Waals surface area contributed by atoms with Crippen LogP contribution in [0.15, 0.2) is 36.7 Å². The van der Waals surface area contributed by atoms with Crippen molar-refractivity contribution in [3.63, 3.8) is 0 Å². The molecule has 1 aliphatic heterocycles. The zero-order valence-electron chi connectivity index (χ0n) is 13.4. The third-order valence-corrected chi connectivity index (χ3v) is 3.82. The number of methoxy groups -OCH3 is 1. The highest BCUT2D eigenvalue weighted by Crippen LogP contribution is 2.17. The molecule has 0 spiro atoms. The second-order valence-electron chi connectivity index (χ2n) is 5.48. The molecule has 0 unspecified atom stereocenters. The van der Waals surface area contributed by atoms with E-state index in [0.29, 0.717) is 22.8 Å². The highest BCUT2D eigenvalue weighted by molar-refractivity contribution is 5.92. The largest absolute Gasteiger partial charge is 0.465 e. The van der Waals surface area contributed by atoms with Crippen molar-refractivity contribution in [1.82, 2.24) is 14.9 Å². The van der Waals surface area contributed by atoms with Gasteiger partial charge in [-0.1, -0.05) is 6.07 Å². The molecular formula is C17H18N4O3. The molecule has 7 nitrogen and oxygen atoms in total. The van der Waals surface area contributed by atoms with E-state index in [2.05, 4.69) is 15.3 Å². The van der Waals surface area contributed by atoms with Crippen LogP contribution in [0.3, 0.4) is 0 Å². The summed E-state index contributed by atoms with van der Waals surface area (Å²) in [5.74, 6) is 0.00511. The number of amides is 1. The van der Waals surface area contributed by atoms with E-state index >= 15 is 0 Å². The number of hydrogen-bond acceptors (Lipinski definition) is 6. The third-order valence-electron chi connectivity index (χ3n) is 3.82. The minimum absolute atomic E-state index is 0.0840. The molecule has 1 aromatic carbocycles. The van der Waals surface area contributed by atoms with Gasteiger partial charge in [-0.3, -0.25) is 4.79 Å². The van der Waals surface area contributed by atoms with Crippen molar-refractivity contribution in [3.05, 3.63) is 47.9 Å². The maximum Gasteiger partial charge on any atom is 0.337 e. The van der Waals surface area contributed by atoms with Crippen LogP contribution in [0.1, 0.15) is 33.7 Å². The van der Waals surface area contributed by atoms with Crippen LogP contribution in [0.5, 0.6) is 0 Å². The number of aromatic nitrogens is 2. The van der Waals surface area contributed by atoms with Crippen LogP contribution in [-0.2, 0) is 4.74 Å². The molecule has 0 radical (unpaired) electrons. The first-order chi connectivity index (χ1) is 11.7. The molecule has 1 fully saturated rings. The van der Waals surface area contributed by atoms with E-state index in [1.807, 2.05) is 0 Å². The standard InChI is InChI=1S/C17H18N4O3/c1-24-17(23)12-5-4-6-13(9-12)20-15-11-18-14(10-19-15)16(22)21-7-2-3-8-21/h4-6,9-11H,2-3,7-8H2,1H3,(H,19,20). The topological polar surface area (TPSA) is 84.4 Å². The summed E-state index contributed by atoms with van der Waals surface area (Å²) in [4.78, 5) is 34.0. The van der Waals surface area contributed by atoms with E-state index in [9.17, 15) is 9.59 Å². The van der Waals surface area contributed by atoms with Gasteiger partial charge in [-0.15, -0.1) is 0 Å². The lowest BCUT2D eigenvalue weighted by molar-refractivity contribution is 0.0600. The number of esters is 1. The first-order valence-corrected chi connectivity index (χ1v) is 7.74. The van der Waals surface area contributed by atoms with Crippen LogP contribution in [0.25, 0.3) is 0 Å². The van der Waals surface area contributed by atoms with Crippen molar-refractivity contribution in [2.24, 2.45) is 0 Å². The van der Waals surface area contributed by atoms with E-state index in [4.69, 9.17) is 4.74 Å². The molecule has 1 saturated heterocycles. The SMILES string of the molecule is COC(=O)c1cccc(Nc2cnc(C(=O)N3CCCC3)cn2)c1. The van der Waals surface area contributed by atoms with Crippen LogP contribution in [0.2, 0.25) is 0 Å². The smallest absolute Gasteiger partial charge is 0.337 e. The molecule has 2 aromatic rings. The van der Waals surface area contributed by atoms with Gasteiger partial charge in [-0.25, -0.2) is 14.8 Å². The average Bonchev–Trinajstić information content (AvgIpc) is 3.16. The normalized spacial score (nSPS) is 13.6. The number of nitrogens with zero attached hydrogens (tertiary/aromatic N) is 3. The molecule has 124 valence electrons. The van der Waals surface area contributed by atoms with Crippen LogP contribution >= 0.6 is 0 Å². The molecule has 1 N–H and O–H groups in total. The molecule has 0 saturated carbocycles. The Morgan fingerprint density at radius 3 is 2.62 bits per heavy atom. The summed E-state index contributed by atoms with van der Waals surface area (Å²) >= 11 is 0. The molecule has 3 rings (SSSR count). The summed E-state index contributed by atoms with van der Waals surface area (Å²) in [5.41, 5.74) is 1.47. The predicted molar refractivity (Wildman–Crippen MR) is 88.2 cm³/mol. The summed E-state index contributed by atoms with van der Waals surface area (Å²) in [5, 5.41) is 3.05. The summed E-state index contributed by atoms with van der Waals surface area (Å²) in [6.07, 6.45) is 5.05. The first-order valence-electron chi connectivity index (χ1n) is 7.74. The Kier molecular flexibility index (Phi) is 4.69. The summed E-state index contributed by atoms with van der Waals surface area (Å²) in [7, 11) is 1.34. The zero-order chi connectivity index (χ0) is 16.9. The van der Waals surface area contributed by atoms with Crippen molar-refractivity contribution in [3.8, 4) is 0 Å². The van der Waals surface area contributed by atoms with Gasteiger partial charge in [-0.05, 0) is 31.0 Å². The molecule has 0 bridgehead atoms. The zero-order valence-corrected chi connectivity index (χ0v) is 13.4. The van der Waals surface area contributed by atoms with Crippen LogP contribution in [0.4, 0.5) is 11.5 Å².